The summed E-state index contributed by atoms with van der Waals surface area (Å²) in [4.78, 5) is 1.65. The number of hydrogen-bond donors (Lipinski definition) is 1. The van der Waals surface area contributed by atoms with E-state index < -0.39 is 0 Å². The van der Waals surface area contributed by atoms with Crippen LogP contribution in [-0.2, 0) is 0 Å². The van der Waals surface area contributed by atoms with Gasteiger partial charge in [0, 0.05) is 10.9 Å². The van der Waals surface area contributed by atoms with Gasteiger partial charge in [-0.3, -0.25) is 0 Å². The Morgan fingerprint density at radius 2 is 1.89 bits per heavy atom. The SMILES string of the molecule is Cc1cccc(Sc2c(F)cccc2[C@H](C)N)c1. The van der Waals surface area contributed by atoms with Crippen molar-refractivity contribution in [2.45, 2.75) is 29.7 Å². The number of aryl methyl sites for hydroxylation is 1. The minimum atomic E-state index is -0.212. The summed E-state index contributed by atoms with van der Waals surface area (Å²) in [5.41, 5.74) is 7.90. The molecule has 3 heteroatoms. The van der Waals surface area contributed by atoms with Crippen molar-refractivity contribution >= 4 is 11.8 Å². The van der Waals surface area contributed by atoms with Gasteiger partial charge < -0.3 is 5.73 Å². The van der Waals surface area contributed by atoms with E-state index in [2.05, 4.69) is 0 Å². The van der Waals surface area contributed by atoms with Gasteiger partial charge in [0.15, 0.2) is 0 Å². The van der Waals surface area contributed by atoms with Crippen LogP contribution in [0.15, 0.2) is 52.3 Å². The molecule has 0 saturated heterocycles. The Balaban J connectivity index is 2.39. The lowest BCUT2D eigenvalue weighted by Crippen LogP contribution is -2.07. The van der Waals surface area contributed by atoms with Crippen LogP contribution < -0.4 is 5.73 Å². The lowest BCUT2D eigenvalue weighted by Gasteiger charge is -2.13. The number of benzene rings is 2. The average molecular weight is 261 g/mol. The first kappa shape index (κ1) is 13.1. The minimum Gasteiger partial charge on any atom is -0.324 e. The number of rotatable bonds is 3. The molecule has 0 heterocycles. The highest BCUT2D eigenvalue weighted by atomic mass is 32.2. The third kappa shape index (κ3) is 2.92. The van der Waals surface area contributed by atoms with Crippen LogP contribution in [0.2, 0.25) is 0 Å². The van der Waals surface area contributed by atoms with Gasteiger partial charge in [0.2, 0.25) is 0 Å². The Labute approximate surface area is 111 Å². The number of halogens is 1. The molecule has 1 nitrogen and oxygen atoms in total. The van der Waals surface area contributed by atoms with Crippen LogP contribution in [0.4, 0.5) is 4.39 Å². The summed E-state index contributed by atoms with van der Waals surface area (Å²) in [7, 11) is 0. The van der Waals surface area contributed by atoms with E-state index in [-0.39, 0.29) is 11.9 Å². The van der Waals surface area contributed by atoms with Gasteiger partial charge in [-0.1, -0.05) is 41.6 Å². The van der Waals surface area contributed by atoms with E-state index in [1.807, 2.05) is 44.2 Å². The predicted molar refractivity (Wildman–Crippen MR) is 74.3 cm³/mol. The van der Waals surface area contributed by atoms with Crippen LogP contribution in [0.5, 0.6) is 0 Å². The smallest absolute Gasteiger partial charge is 0.137 e. The first-order valence-electron chi connectivity index (χ1n) is 5.86. The molecule has 0 spiro atoms. The van der Waals surface area contributed by atoms with E-state index in [9.17, 15) is 4.39 Å². The molecule has 18 heavy (non-hydrogen) atoms. The van der Waals surface area contributed by atoms with E-state index in [0.717, 1.165) is 10.5 Å². The number of hydrogen-bond acceptors (Lipinski definition) is 2. The Bertz CT molecular complexity index is 552. The molecule has 0 aromatic heterocycles. The average Bonchev–Trinajstić information content (AvgIpc) is 2.31. The van der Waals surface area contributed by atoms with Gasteiger partial charge in [-0.2, -0.15) is 0 Å². The molecule has 0 saturated carbocycles. The van der Waals surface area contributed by atoms with Crippen molar-refractivity contribution in [3.63, 3.8) is 0 Å². The Morgan fingerprint density at radius 1 is 1.17 bits per heavy atom. The Kier molecular flexibility index (Phi) is 4.04. The van der Waals surface area contributed by atoms with Crippen molar-refractivity contribution < 1.29 is 4.39 Å². The molecule has 2 aromatic rings. The van der Waals surface area contributed by atoms with Crippen molar-refractivity contribution in [1.82, 2.24) is 0 Å². The van der Waals surface area contributed by atoms with Gasteiger partial charge in [0.25, 0.3) is 0 Å². The second kappa shape index (κ2) is 5.55. The van der Waals surface area contributed by atoms with Crippen molar-refractivity contribution in [2.75, 3.05) is 0 Å². The van der Waals surface area contributed by atoms with Crippen LogP contribution in [0.1, 0.15) is 24.1 Å². The van der Waals surface area contributed by atoms with Gasteiger partial charge >= 0.3 is 0 Å². The highest BCUT2D eigenvalue weighted by molar-refractivity contribution is 7.99. The summed E-state index contributed by atoms with van der Waals surface area (Å²) in [6.07, 6.45) is 0. The normalized spacial score (nSPS) is 12.4. The fraction of sp³-hybridized carbons (Fsp3) is 0.200. The van der Waals surface area contributed by atoms with Gasteiger partial charge in [-0.25, -0.2) is 4.39 Å². The molecule has 1 atom stereocenters. The summed E-state index contributed by atoms with van der Waals surface area (Å²) >= 11 is 1.43. The molecule has 0 aliphatic heterocycles. The fourth-order valence-corrected chi connectivity index (χ4v) is 2.95. The van der Waals surface area contributed by atoms with Crippen molar-refractivity contribution in [2.24, 2.45) is 5.73 Å². The third-order valence-corrected chi connectivity index (χ3v) is 3.82. The topological polar surface area (TPSA) is 26.0 Å². The Hall–Kier alpha value is -1.32. The van der Waals surface area contributed by atoms with E-state index in [1.54, 1.807) is 6.07 Å². The molecule has 0 bridgehead atoms. The second-order valence-corrected chi connectivity index (χ2v) is 5.45. The zero-order chi connectivity index (χ0) is 13.1. The molecule has 0 radical (unpaired) electrons. The highest BCUT2D eigenvalue weighted by Gasteiger charge is 2.12. The monoisotopic (exact) mass is 261 g/mol. The van der Waals surface area contributed by atoms with Crippen molar-refractivity contribution in [1.29, 1.82) is 0 Å². The molecule has 94 valence electrons. The molecule has 0 unspecified atom stereocenters. The molecular weight excluding hydrogens is 245 g/mol. The van der Waals surface area contributed by atoms with Crippen LogP contribution >= 0.6 is 11.8 Å². The summed E-state index contributed by atoms with van der Waals surface area (Å²) in [6, 6.07) is 12.9. The molecule has 0 amide bonds. The molecule has 0 aliphatic carbocycles. The summed E-state index contributed by atoms with van der Waals surface area (Å²) in [5.74, 6) is -0.212. The van der Waals surface area contributed by atoms with Gasteiger partial charge in [-0.15, -0.1) is 0 Å². The number of nitrogens with two attached hydrogens (primary N) is 1. The zero-order valence-corrected chi connectivity index (χ0v) is 11.3. The lowest BCUT2D eigenvalue weighted by molar-refractivity contribution is 0.591. The van der Waals surface area contributed by atoms with E-state index >= 15 is 0 Å². The Morgan fingerprint density at radius 3 is 2.56 bits per heavy atom. The molecule has 0 fully saturated rings. The van der Waals surface area contributed by atoms with Gasteiger partial charge in [0.1, 0.15) is 5.82 Å². The van der Waals surface area contributed by atoms with E-state index in [0.29, 0.717) is 4.90 Å². The second-order valence-electron chi connectivity index (χ2n) is 4.37. The van der Waals surface area contributed by atoms with Crippen LogP contribution in [-0.4, -0.2) is 0 Å². The quantitative estimate of drug-likeness (QED) is 0.891. The van der Waals surface area contributed by atoms with Crippen LogP contribution in [0.25, 0.3) is 0 Å². The lowest BCUT2D eigenvalue weighted by atomic mass is 10.1. The maximum Gasteiger partial charge on any atom is 0.137 e. The highest BCUT2D eigenvalue weighted by Crippen LogP contribution is 2.35. The fourth-order valence-electron chi connectivity index (χ4n) is 1.79. The van der Waals surface area contributed by atoms with Crippen LogP contribution in [0.3, 0.4) is 0 Å². The molecule has 2 aromatic carbocycles. The maximum absolute atomic E-state index is 13.9. The van der Waals surface area contributed by atoms with Gasteiger partial charge in [0.05, 0.1) is 4.90 Å². The summed E-state index contributed by atoms with van der Waals surface area (Å²) in [6.45, 7) is 3.90. The summed E-state index contributed by atoms with van der Waals surface area (Å²) in [5, 5.41) is 0. The minimum absolute atomic E-state index is 0.173. The van der Waals surface area contributed by atoms with Crippen molar-refractivity contribution in [3.05, 3.63) is 59.4 Å². The zero-order valence-electron chi connectivity index (χ0n) is 10.5. The molecule has 2 N–H and O–H groups in total. The molecule has 0 aliphatic rings. The summed E-state index contributed by atoms with van der Waals surface area (Å²) < 4.78 is 13.9. The third-order valence-electron chi connectivity index (χ3n) is 2.70. The van der Waals surface area contributed by atoms with Crippen molar-refractivity contribution in [3.8, 4) is 0 Å². The molecule has 2 rings (SSSR count). The molecular formula is C15H16FNS. The maximum atomic E-state index is 13.9. The van der Waals surface area contributed by atoms with E-state index in [4.69, 9.17) is 5.73 Å². The predicted octanol–water partition coefficient (Wildman–Crippen LogP) is 4.31. The first-order valence-corrected chi connectivity index (χ1v) is 6.68. The van der Waals surface area contributed by atoms with Gasteiger partial charge in [-0.05, 0) is 37.6 Å². The first-order chi connectivity index (χ1) is 8.58. The van der Waals surface area contributed by atoms with E-state index in [1.165, 1.54) is 23.4 Å². The standard InChI is InChI=1S/C15H16FNS/c1-10-5-3-6-12(9-10)18-15-13(11(2)17)7-4-8-14(15)16/h3-9,11H,17H2,1-2H3/t11-/m0/s1. The largest absolute Gasteiger partial charge is 0.324 e. The van der Waals surface area contributed by atoms with Crippen LogP contribution in [0, 0.1) is 12.7 Å².